The Morgan fingerprint density at radius 3 is 2.14 bits per heavy atom. The molecule has 2 aromatic rings. The van der Waals surface area contributed by atoms with Crippen LogP contribution >= 0.6 is 11.6 Å². The second kappa shape index (κ2) is 7.35. The third-order valence-corrected chi connectivity index (χ3v) is 5.75. The van der Waals surface area contributed by atoms with Crippen molar-refractivity contribution >= 4 is 34.8 Å². The highest BCUT2D eigenvalue weighted by molar-refractivity contribution is 6.30. The Morgan fingerprint density at radius 1 is 0.966 bits per heavy atom. The third kappa shape index (κ3) is 3.26. The number of likely N-dealkylation sites (tertiary alicyclic amines) is 1. The molecule has 2 aliphatic heterocycles. The van der Waals surface area contributed by atoms with E-state index in [9.17, 15) is 9.59 Å². The first-order valence-electron chi connectivity index (χ1n) is 9.65. The lowest BCUT2D eigenvalue weighted by molar-refractivity contribution is -0.145. The highest BCUT2D eigenvalue weighted by Crippen LogP contribution is 2.47. The molecule has 0 spiro atoms. The van der Waals surface area contributed by atoms with Crippen molar-refractivity contribution in [3.8, 4) is 0 Å². The number of hydroxylamine groups is 1. The number of amides is 2. The fourth-order valence-electron chi connectivity index (χ4n) is 4.07. The van der Waals surface area contributed by atoms with Crippen molar-refractivity contribution in [3.63, 3.8) is 0 Å². The van der Waals surface area contributed by atoms with Gasteiger partial charge in [-0.05, 0) is 55.8 Å². The van der Waals surface area contributed by atoms with Crippen LogP contribution in [-0.4, -0.2) is 43.0 Å². The van der Waals surface area contributed by atoms with Crippen LogP contribution in [0.1, 0.15) is 25.5 Å². The van der Waals surface area contributed by atoms with Gasteiger partial charge in [-0.3, -0.25) is 19.3 Å². The number of halogens is 1. The first kappa shape index (κ1) is 19.7. The summed E-state index contributed by atoms with van der Waals surface area (Å²) in [7, 11) is 3.95. The van der Waals surface area contributed by atoms with Gasteiger partial charge in [-0.2, -0.15) is 0 Å². The van der Waals surface area contributed by atoms with Gasteiger partial charge in [0.2, 0.25) is 5.91 Å². The lowest BCUT2D eigenvalue weighted by Gasteiger charge is -2.30. The molecule has 2 aliphatic rings. The largest absolute Gasteiger partial charge is 0.378 e. The van der Waals surface area contributed by atoms with Gasteiger partial charge in [-0.15, -0.1) is 0 Å². The second-order valence-electron chi connectivity index (χ2n) is 7.93. The van der Waals surface area contributed by atoms with Crippen LogP contribution in [0.3, 0.4) is 0 Å². The van der Waals surface area contributed by atoms with E-state index in [1.54, 1.807) is 17.2 Å². The number of hydrogen-bond acceptors (Lipinski definition) is 5. The maximum atomic E-state index is 13.2. The first-order chi connectivity index (χ1) is 13.8. The Labute approximate surface area is 175 Å². The Kier molecular flexibility index (Phi) is 5.00. The molecule has 2 aromatic carbocycles. The Bertz CT molecular complexity index is 927. The van der Waals surface area contributed by atoms with Crippen LogP contribution < -0.4 is 9.96 Å². The number of fused-ring (bicyclic) bond motifs is 1. The number of hydrogen-bond donors (Lipinski definition) is 0. The molecule has 29 heavy (non-hydrogen) atoms. The van der Waals surface area contributed by atoms with E-state index in [1.807, 2.05) is 69.2 Å². The highest BCUT2D eigenvalue weighted by Gasteiger charge is 2.60. The summed E-state index contributed by atoms with van der Waals surface area (Å²) < 4.78 is 0. The summed E-state index contributed by atoms with van der Waals surface area (Å²) in [4.78, 5) is 35.5. The molecule has 2 saturated heterocycles. The number of benzene rings is 2. The summed E-state index contributed by atoms with van der Waals surface area (Å²) in [6, 6.07) is 14.6. The summed E-state index contributed by atoms with van der Waals surface area (Å²) in [5.41, 5.74) is 2.73. The van der Waals surface area contributed by atoms with E-state index in [2.05, 4.69) is 0 Å². The van der Waals surface area contributed by atoms with Crippen molar-refractivity contribution in [2.45, 2.75) is 32.0 Å². The lowest BCUT2D eigenvalue weighted by Crippen LogP contribution is -2.41. The van der Waals surface area contributed by atoms with E-state index < -0.39 is 18.1 Å². The van der Waals surface area contributed by atoms with Crippen molar-refractivity contribution < 1.29 is 14.4 Å². The molecule has 0 saturated carbocycles. The van der Waals surface area contributed by atoms with Crippen LogP contribution in [-0.2, 0) is 14.4 Å². The quantitative estimate of drug-likeness (QED) is 0.716. The number of anilines is 2. The van der Waals surface area contributed by atoms with Gasteiger partial charge in [-0.25, -0.2) is 5.06 Å². The van der Waals surface area contributed by atoms with Gasteiger partial charge < -0.3 is 4.90 Å². The van der Waals surface area contributed by atoms with Crippen LogP contribution in [0.25, 0.3) is 0 Å². The molecule has 0 N–H and O–H groups in total. The van der Waals surface area contributed by atoms with Crippen LogP contribution in [0.15, 0.2) is 48.5 Å². The summed E-state index contributed by atoms with van der Waals surface area (Å²) in [5.74, 6) is -1.06. The van der Waals surface area contributed by atoms with Crippen LogP contribution in [0, 0.1) is 5.92 Å². The normalized spacial score (nSPS) is 23.9. The van der Waals surface area contributed by atoms with E-state index >= 15 is 0 Å². The van der Waals surface area contributed by atoms with Crippen LogP contribution in [0.2, 0.25) is 5.02 Å². The van der Waals surface area contributed by atoms with Gasteiger partial charge in [-0.1, -0.05) is 23.7 Å². The van der Waals surface area contributed by atoms with Gasteiger partial charge in [0.25, 0.3) is 5.91 Å². The fraction of sp³-hybridized carbons (Fsp3) is 0.364. The molecule has 4 rings (SSSR count). The van der Waals surface area contributed by atoms with E-state index in [1.165, 1.54) is 4.90 Å². The number of imide groups is 1. The molecule has 152 valence electrons. The van der Waals surface area contributed by atoms with E-state index in [0.717, 1.165) is 16.9 Å². The molecule has 2 heterocycles. The predicted molar refractivity (Wildman–Crippen MR) is 113 cm³/mol. The number of carbonyl (C=O) groups is 2. The summed E-state index contributed by atoms with van der Waals surface area (Å²) in [6.07, 6.45) is -0.820. The monoisotopic (exact) mass is 413 g/mol. The SMILES string of the molecule is CC(C)N1C(=O)[C@H]2[C@@H](ON(c3ccc(Cl)cc3)[C@H]2c2ccc(N(C)C)cc2)C1=O. The molecule has 6 nitrogen and oxygen atoms in total. The second-order valence-corrected chi connectivity index (χ2v) is 8.36. The van der Waals surface area contributed by atoms with Crippen molar-refractivity contribution in [3.05, 3.63) is 59.1 Å². The van der Waals surface area contributed by atoms with Crippen molar-refractivity contribution in [2.24, 2.45) is 5.92 Å². The fourth-order valence-corrected chi connectivity index (χ4v) is 4.19. The van der Waals surface area contributed by atoms with Crippen molar-refractivity contribution in [2.75, 3.05) is 24.1 Å². The Morgan fingerprint density at radius 2 is 1.59 bits per heavy atom. The van der Waals surface area contributed by atoms with Gasteiger partial charge in [0, 0.05) is 30.8 Å². The van der Waals surface area contributed by atoms with Gasteiger partial charge in [0.05, 0.1) is 11.7 Å². The van der Waals surface area contributed by atoms with Gasteiger partial charge in [0.1, 0.15) is 5.92 Å². The van der Waals surface area contributed by atoms with E-state index in [4.69, 9.17) is 16.4 Å². The minimum atomic E-state index is -0.820. The number of carbonyl (C=O) groups excluding carboxylic acids is 2. The summed E-state index contributed by atoms with van der Waals surface area (Å²) >= 11 is 6.04. The predicted octanol–water partition coefficient (Wildman–Crippen LogP) is 3.66. The Balaban J connectivity index is 1.78. The molecule has 2 fully saturated rings. The molecule has 0 unspecified atom stereocenters. The number of rotatable bonds is 4. The zero-order valence-corrected chi connectivity index (χ0v) is 17.6. The minimum Gasteiger partial charge on any atom is -0.378 e. The zero-order chi connectivity index (χ0) is 20.9. The minimum absolute atomic E-state index is 0.187. The topological polar surface area (TPSA) is 53.1 Å². The molecule has 0 radical (unpaired) electrons. The van der Waals surface area contributed by atoms with Gasteiger partial charge in [0.15, 0.2) is 6.10 Å². The molecule has 7 heteroatoms. The average Bonchev–Trinajstić information content (AvgIpc) is 3.19. The maximum Gasteiger partial charge on any atom is 0.262 e. The summed E-state index contributed by atoms with van der Waals surface area (Å²) in [5, 5.41) is 2.29. The van der Waals surface area contributed by atoms with Crippen molar-refractivity contribution in [1.82, 2.24) is 4.90 Å². The maximum absolute atomic E-state index is 13.2. The molecular formula is C22H24ClN3O3. The summed E-state index contributed by atoms with van der Waals surface area (Å²) in [6.45, 7) is 3.68. The molecule has 2 amide bonds. The zero-order valence-electron chi connectivity index (χ0n) is 16.9. The first-order valence-corrected chi connectivity index (χ1v) is 10.0. The molecule has 0 aliphatic carbocycles. The highest BCUT2D eigenvalue weighted by atomic mass is 35.5. The third-order valence-electron chi connectivity index (χ3n) is 5.50. The Hall–Kier alpha value is -2.57. The molecule has 0 bridgehead atoms. The van der Waals surface area contributed by atoms with Crippen LogP contribution in [0.4, 0.5) is 11.4 Å². The van der Waals surface area contributed by atoms with E-state index in [-0.39, 0.29) is 17.9 Å². The molecule has 3 atom stereocenters. The average molecular weight is 414 g/mol. The van der Waals surface area contributed by atoms with Gasteiger partial charge >= 0.3 is 0 Å². The van der Waals surface area contributed by atoms with Crippen LogP contribution in [0.5, 0.6) is 0 Å². The number of nitrogens with zero attached hydrogens (tertiary/aromatic N) is 3. The molecule has 0 aromatic heterocycles. The van der Waals surface area contributed by atoms with E-state index in [0.29, 0.717) is 5.02 Å². The smallest absolute Gasteiger partial charge is 0.262 e. The standard InChI is InChI=1S/C22H24ClN3O3/c1-13(2)25-21(27)18-19(14-5-9-16(10-6-14)24(3)4)26(29-20(18)22(25)28)17-11-7-15(23)8-12-17/h5-13,18-20H,1-4H3/t18-,19+,20-/m1/s1. The van der Waals surface area contributed by atoms with Crippen molar-refractivity contribution in [1.29, 1.82) is 0 Å². The lowest BCUT2D eigenvalue weighted by atomic mass is 9.90. The molecular weight excluding hydrogens is 390 g/mol.